The second-order valence-corrected chi connectivity index (χ2v) is 15.4. The van der Waals surface area contributed by atoms with Crippen molar-refractivity contribution >= 4 is 36.0 Å². The third kappa shape index (κ3) is 5.21. The zero-order valence-corrected chi connectivity index (χ0v) is 22.2. The van der Waals surface area contributed by atoms with Gasteiger partial charge in [-0.25, -0.2) is 22.0 Å². The molecule has 3 aromatic carbocycles. The van der Waals surface area contributed by atoms with Crippen LogP contribution in [-0.2, 0) is 0 Å². The highest BCUT2D eigenvalue weighted by molar-refractivity contribution is 7.81. The fraction of sp³-hybridized carbons (Fsp3) is 0.333. The molecular weight excluding hydrogens is 507 g/mol. The van der Waals surface area contributed by atoms with E-state index in [4.69, 9.17) is 0 Å². The van der Waals surface area contributed by atoms with Crippen LogP contribution in [0.1, 0.15) is 49.7 Å². The quantitative estimate of drug-likeness (QED) is 0.229. The third-order valence-electron chi connectivity index (χ3n) is 6.95. The minimum atomic E-state index is -1.68. The predicted octanol–water partition coefficient (Wildman–Crippen LogP) is 7.97. The maximum Gasteiger partial charge on any atom is 0.135 e. The van der Waals surface area contributed by atoms with Gasteiger partial charge in [-0.3, -0.25) is 0 Å². The minimum Gasteiger partial charge on any atom is -0.248 e. The van der Waals surface area contributed by atoms with Gasteiger partial charge >= 0.3 is 0 Å². The van der Waals surface area contributed by atoms with Gasteiger partial charge in [0.15, 0.2) is 0 Å². The van der Waals surface area contributed by atoms with Crippen LogP contribution < -0.4 is 10.6 Å². The molecule has 35 heavy (non-hydrogen) atoms. The van der Waals surface area contributed by atoms with E-state index in [2.05, 4.69) is 25.8 Å². The molecule has 3 aromatic rings. The van der Waals surface area contributed by atoms with Gasteiger partial charge < -0.3 is 0 Å². The van der Waals surface area contributed by atoms with Gasteiger partial charge in [0.25, 0.3) is 0 Å². The van der Waals surface area contributed by atoms with Gasteiger partial charge in [-0.15, -0.1) is 9.24 Å². The molecule has 0 amide bonds. The summed E-state index contributed by atoms with van der Waals surface area (Å²) in [5.41, 5.74) is 1.52. The normalized spacial score (nSPS) is 23.0. The van der Waals surface area contributed by atoms with Crippen molar-refractivity contribution < 1.29 is 17.6 Å². The Bertz CT molecular complexity index is 1120. The molecule has 0 bridgehead atoms. The van der Waals surface area contributed by atoms with Gasteiger partial charge in [0.1, 0.15) is 23.3 Å². The molecule has 2 unspecified atom stereocenters. The summed E-state index contributed by atoms with van der Waals surface area (Å²) in [6.07, 6.45) is 6.09. The zero-order chi connectivity index (χ0) is 24.5. The SMILES string of the molecule is Fc1ccc(P(c2ccc(F)cc2F)N(C2CCCC2)P2[C@@H](c3ccccc3)CC[C@@H]2P)c(F)c1. The van der Waals surface area contributed by atoms with Crippen LogP contribution in [-0.4, -0.2) is 15.9 Å². The highest BCUT2D eigenvalue weighted by Gasteiger charge is 2.46. The monoisotopic (exact) mass is 535 g/mol. The summed E-state index contributed by atoms with van der Waals surface area (Å²) in [4.78, 5) is 0. The second kappa shape index (κ2) is 10.9. The summed E-state index contributed by atoms with van der Waals surface area (Å²) in [5, 5.41) is 0.905. The first-order valence-electron chi connectivity index (χ1n) is 12.0. The van der Waals surface area contributed by atoms with Crippen molar-refractivity contribution in [3.8, 4) is 0 Å². The van der Waals surface area contributed by atoms with Crippen molar-refractivity contribution in [2.45, 2.75) is 55.6 Å². The summed E-state index contributed by atoms with van der Waals surface area (Å²) in [5.74, 6) is -2.67. The molecule has 1 heterocycles. The molecule has 2 fully saturated rings. The molecular formula is C27H28F4NP3. The maximum absolute atomic E-state index is 15.4. The smallest absolute Gasteiger partial charge is 0.135 e. The van der Waals surface area contributed by atoms with Crippen LogP contribution in [0.15, 0.2) is 66.7 Å². The Balaban J connectivity index is 1.70. The van der Waals surface area contributed by atoms with Gasteiger partial charge in [-0.2, -0.15) is 0 Å². The highest BCUT2D eigenvalue weighted by atomic mass is 31.2. The lowest BCUT2D eigenvalue weighted by atomic mass is 10.1. The van der Waals surface area contributed by atoms with Crippen LogP contribution in [0.25, 0.3) is 0 Å². The molecule has 0 radical (unpaired) electrons. The van der Waals surface area contributed by atoms with Gasteiger partial charge in [-0.1, -0.05) is 43.2 Å². The third-order valence-corrected chi connectivity index (χ3v) is 14.7. The average Bonchev–Trinajstić information content (AvgIpc) is 3.50. The molecule has 5 rings (SSSR count). The van der Waals surface area contributed by atoms with Crippen molar-refractivity contribution in [1.82, 2.24) is 4.44 Å². The molecule has 0 spiro atoms. The summed E-state index contributed by atoms with van der Waals surface area (Å²) in [6.45, 7) is 0. The standard InChI is InChI=1S/C27H28F4NP3/c28-19-10-12-25(22(30)16-19)34(26-13-11-20(29)17-23(26)31)32(21-8-4-5-9-21)35-24(14-15-27(35)33)18-6-2-1-3-7-18/h1-3,6-7,10-13,16-17,21,24,27H,4-5,8-9,14-15,33H2/t24-,27-,35?/m1/s1. The first-order chi connectivity index (χ1) is 16.9. The molecule has 2 aliphatic rings. The van der Waals surface area contributed by atoms with E-state index in [9.17, 15) is 8.78 Å². The lowest BCUT2D eigenvalue weighted by Crippen LogP contribution is -2.35. The predicted molar refractivity (Wildman–Crippen MR) is 142 cm³/mol. The first-order valence-corrected chi connectivity index (χ1v) is 15.4. The first kappa shape index (κ1) is 25.3. The molecule has 184 valence electrons. The van der Waals surface area contributed by atoms with E-state index >= 15 is 8.78 Å². The van der Waals surface area contributed by atoms with E-state index in [1.54, 1.807) is 0 Å². The van der Waals surface area contributed by atoms with Crippen LogP contribution in [0, 0.1) is 23.3 Å². The Labute approximate surface area is 209 Å². The summed E-state index contributed by atoms with van der Waals surface area (Å²) >= 11 is 0. The molecule has 1 saturated heterocycles. The largest absolute Gasteiger partial charge is 0.248 e. The zero-order valence-electron chi connectivity index (χ0n) is 19.3. The van der Waals surface area contributed by atoms with E-state index in [0.29, 0.717) is 16.0 Å². The van der Waals surface area contributed by atoms with Crippen molar-refractivity contribution in [1.29, 1.82) is 0 Å². The number of hydrogen-bond donors (Lipinski definition) is 0. The van der Waals surface area contributed by atoms with Crippen molar-refractivity contribution in [3.05, 3.63) is 95.6 Å². The van der Waals surface area contributed by atoms with E-state index in [1.807, 2.05) is 18.2 Å². The number of nitrogens with zero attached hydrogens (tertiary/aromatic N) is 1. The molecule has 4 atom stereocenters. The maximum atomic E-state index is 15.4. The Morgan fingerprint density at radius 1 is 0.743 bits per heavy atom. The molecule has 1 nitrogen and oxygen atoms in total. The van der Waals surface area contributed by atoms with E-state index in [0.717, 1.165) is 50.7 Å². The number of halogens is 4. The summed E-state index contributed by atoms with van der Waals surface area (Å²) in [7, 11) is 0.487. The van der Waals surface area contributed by atoms with Gasteiger partial charge in [0.2, 0.25) is 0 Å². The number of benzene rings is 3. The average molecular weight is 535 g/mol. The van der Waals surface area contributed by atoms with E-state index < -0.39 is 39.4 Å². The lowest BCUT2D eigenvalue weighted by molar-refractivity contribution is 0.500. The molecule has 8 heteroatoms. The fourth-order valence-corrected chi connectivity index (χ4v) is 14.3. The number of hydrogen-bond acceptors (Lipinski definition) is 1. The summed E-state index contributed by atoms with van der Waals surface area (Å²) in [6, 6.07) is 17.7. The molecule has 1 aliphatic heterocycles. The van der Waals surface area contributed by atoms with Crippen LogP contribution in [0.2, 0.25) is 0 Å². The number of rotatable bonds is 6. The molecule has 0 N–H and O–H groups in total. The molecule has 1 aliphatic carbocycles. The van der Waals surface area contributed by atoms with Gasteiger partial charge in [0, 0.05) is 47.9 Å². The van der Waals surface area contributed by atoms with E-state index in [-0.39, 0.29) is 11.7 Å². The lowest BCUT2D eigenvalue weighted by Gasteiger charge is -2.45. The Morgan fingerprint density at radius 3 is 1.86 bits per heavy atom. The van der Waals surface area contributed by atoms with Crippen LogP contribution in [0.5, 0.6) is 0 Å². The van der Waals surface area contributed by atoms with Crippen molar-refractivity contribution in [3.63, 3.8) is 0 Å². The summed E-state index contributed by atoms with van der Waals surface area (Å²) < 4.78 is 61.1. The van der Waals surface area contributed by atoms with Crippen LogP contribution in [0.3, 0.4) is 0 Å². The van der Waals surface area contributed by atoms with Gasteiger partial charge in [0.05, 0.1) is 0 Å². The Hall–Kier alpha value is -1.37. The van der Waals surface area contributed by atoms with Crippen LogP contribution in [0.4, 0.5) is 17.6 Å². The topological polar surface area (TPSA) is 3.24 Å². The van der Waals surface area contributed by atoms with Crippen molar-refractivity contribution in [2.24, 2.45) is 0 Å². The van der Waals surface area contributed by atoms with E-state index in [1.165, 1.54) is 29.8 Å². The minimum absolute atomic E-state index is 0.175. The van der Waals surface area contributed by atoms with Crippen LogP contribution >= 0.6 is 25.4 Å². The fourth-order valence-electron chi connectivity index (χ4n) is 5.36. The Kier molecular flexibility index (Phi) is 7.90. The van der Waals surface area contributed by atoms with Crippen molar-refractivity contribution in [2.75, 3.05) is 0 Å². The molecule has 0 aromatic heterocycles. The Morgan fingerprint density at radius 2 is 1.31 bits per heavy atom. The second-order valence-electron chi connectivity index (χ2n) is 9.21. The van der Waals surface area contributed by atoms with Gasteiger partial charge in [-0.05, 0) is 63.6 Å². The highest BCUT2D eigenvalue weighted by Crippen LogP contribution is 2.74. The molecule has 1 saturated carbocycles.